The third-order valence-electron chi connectivity index (χ3n) is 9.16. The van der Waals surface area contributed by atoms with Crippen LogP contribution >= 0.6 is 0 Å². The number of Topliss-reactive ketones (excluding diaryl/α,β-unsaturated/α-hetero) is 2. The number of benzene rings is 2. The van der Waals surface area contributed by atoms with E-state index in [-0.39, 0.29) is 23.9 Å². The van der Waals surface area contributed by atoms with Gasteiger partial charge in [0.2, 0.25) is 11.6 Å². The Hall–Kier alpha value is -2.22. The molecule has 0 aliphatic carbocycles. The van der Waals surface area contributed by atoms with E-state index in [1.807, 2.05) is 30.3 Å². The second kappa shape index (κ2) is 18.3. The molecule has 0 heterocycles. The minimum absolute atomic E-state index is 0.165. The van der Waals surface area contributed by atoms with Gasteiger partial charge in [-0.25, -0.2) is 0 Å². The monoisotopic (exact) mass is 560 g/mol. The van der Waals surface area contributed by atoms with Crippen LogP contribution in [0.4, 0.5) is 0 Å². The summed E-state index contributed by atoms with van der Waals surface area (Å²) in [5, 5.41) is 0. The van der Waals surface area contributed by atoms with E-state index in [2.05, 4.69) is 61.5 Å². The van der Waals surface area contributed by atoms with Gasteiger partial charge in [0.05, 0.1) is 0 Å². The second-order valence-corrected chi connectivity index (χ2v) is 12.8. The highest BCUT2D eigenvalue weighted by Crippen LogP contribution is 2.45. The van der Waals surface area contributed by atoms with E-state index in [0.29, 0.717) is 23.3 Å². The highest BCUT2D eigenvalue weighted by atomic mass is 16.2. The smallest absolute Gasteiger partial charge is 0.229 e. The van der Waals surface area contributed by atoms with Gasteiger partial charge in [-0.05, 0) is 83.2 Å². The van der Waals surface area contributed by atoms with E-state index in [4.69, 9.17) is 0 Å². The Kier molecular flexibility index (Phi) is 15.7. The zero-order valence-electron chi connectivity index (χ0n) is 27.8. The van der Waals surface area contributed by atoms with Crippen molar-refractivity contribution in [2.45, 2.75) is 163 Å². The van der Waals surface area contributed by atoms with Gasteiger partial charge in [0.25, 0.3) is 0 Å². The summed E-state index contributed by atoms with van der Waals surface area (Å²) < 4.78 is 0. The zero-order chi connectivity index (χ0) is 30.4. The molecule has 0 spiro atoms. The van der Waals surface area contributed by atoms with Crippen LogP contribution in [0, 0.1) is 0 Å². The minimum atomic E-state index is -0.286. The minimum Gasteiger partial charge on any atom is -0.290 e. The van der Waals surface area contributed by atoms with Crippen LogP contribution in [-0.4, -0.2) is 11.6 Å². The lowest BCUT2D eigenvalue weighted by Gasteiger charge is -2.33. The maximum Gasteiger partial charge on any atom is 0.229 e. The van der Waals surface area contributed by atoms with Gasteiger partial charge in [-0.3, -0.25) is 9.59 Å². The maximum absolute atomic E-state index is 14.2. The summed E-state index contributed by atoms with van der Waals surface area (Å²) in [5.41, 5.74) is 7.07. The van der Waals surface area contributed by atoms with E-state index >= 15 is 0 Å². The van der Waals surface area contributed by atoms with E-state index < -0.39 is 0 Å². The molecular weight excluding hydrogens is 500 g/mol. The lowest BCUT2D eigenvalue weighted by atomic mass is 9.71. The summed E-state index contributed by atoms with van der Waals surface area (Å²) in [7, 11) is 0. The number of ketones is 2. The third-order valence-corrected chi connectivity index (χ3v) is 9.16. The quantitative estimate of drug-likeness (QED) is 0.119. The van der Waals surface area contributed by atoms with E-state index in [9.17, 15) is 9.59 Å². The molecule has 0 saturated carbocycles. The number of hydrogen-bond acceptors (Lipinski definition) is 2. The van der Waals surface area contributed by atoms with Gasteiger partial charge >= 0.3 is 0 Å². The molecule has 0 N–H and O–H groups in total. The van der Waals surface area contributed by atoms with Gasteiger partial charge in [0.1, 0.15) is 0 Å². The maximum atomic E-state index is 14.2. The van der Waals surface area contributed by atoms with Crippen molar-refractivity contribution in [3.8, 4) is 0 Å². The van der Waals surface area contributed by atoms with Crippen molar-refractivity contribution < 1.29 is 9.59 Å². The molecule has 2 heteroatoms. The summed E-state index contributed by atoms with van der Waals surface area (Å²) >= 11 is 0. The Morgan fingerprint density at radius 1 is 0.585 bits per heavy atom. The highest BCUT2D eigenvalue weighted by Gasteiger charge is 2.32. The van der Waals surface area contributed by atoms with Crippen molar-refractivity contribution in [2.75, 3.05) is 0 Å². The number of carbonyl (C=O) groups excluding carboxylic acids is 2. The first-order valence-corrected chi connectivity index (χ1v) is 17.0. The van der Waals surface area contributed by atoms with Crippen molar-refractivity contribution in [1.82, 2.24) is 0 Å². The SMILES string of the molecule is CCCCC(C)c1cc(C(=O)C(=O)Cc2ccccc2)c(C(C)CCCC)c(C(C)CCCC)c1C(C)CCCC. The molecule has 0 saturated heterocycles. The van der Waals surface area contributed by atoms with Crippen molar-refractivity contribution in [3.63, 3.8) is 0 Å². The first-order chi connectivity index (χ1) is 19.7. The van der Waals surface area contributed by atoms with Gasteiger partial charge in [0.15, 0.2) is 0 Å². The van der Waals surface area contributed by atoms with E-state index in [1.54, 1.807) is 0 Å². The molecule has 2 nitrogen and oxygen atoms in total. The number of unbranched alkanes of at least 4 members (excludes halogenated alkanes) is 4. The average molecular weight is 561 g/mol. The predicted octanol–water partition coefficient (Wildman–Crippen LogP) is 11.9. The Bertz CT molecular complexity index is 1070. The van der Waals surface area contributed by atoms with Crippen molar-refractivity contribution in [1.29, 1.82) is 0 Å². The lowest BCUT2D eigenvalue weighted by Crippen LogP contribution is -2.23. The molecule has 0 radical (unpaired) electrons. The molecular formula is C39H60O2. The molecule has 0 fully saturated rings. The summed E-state index contributed by atoms with van der Waals surface area (Å²) in [5.74, 6) is 0.840. The van der Waals surface area contributed by atoms with Crippen LogP contribution in [0.15, 0.2) is 36.4 Å². The summed E-state index contributed by atoms with van der Waals surface area (Å²) in [6.45, 7) is 18.5. The summed E-state index contributed by atoms with van der Waals surface area (Å²) in [4.78, 5) is 27.8. The van der Waals surface area contributed by atoms with Crippen LogP contribution in [0.5, 0.6) is 0 Å². The first kappa shape index (κ1) is 35.0. The largest absolute Gasteiger partial charge is 0.290 e. The fraction of sp³-hybridized carbons (Fsp3) is 0.641. The fourth-order valence-electron chi connectivity index (χ4n) is 6.61. The molecule has 0 aliphatic rings. The van der Waals surface area contributed by atoms with Crippen LogP contribution in [0.3, 0.4) is 0 Å². The Balaban J connectivity index is 2.88. The normalized spacial score (nSPS) is 14.4. The molecule has 4 atom stereocenters. The molecule has 2 aromatic carbocycles. The molecule has 2 rings (SSSR count). The number of rotatable bonds is 20. The van der Waals surface area contributed by atoms with Crippen LogP contribution in [0.25, 0.3) is 0 Å². The van der Waals surface area contributed by atoms with Gasteiger partial charge in [-0.2, -0.15) is 0 Å². The molecule has 0 aromatic heterocycles. The van der Waals surface area contributed by atoms with E-state index in [1.165, 1.54) is 60.8 Å². The predicted molar refractivity (Wildman–Crippen MR) is 178 cm³/mol. The Labute approximate surface area is 253 Å². The van der Waals surface area contributed by atoms with Gasteiger partial charge < -0.3 is 0 Å². The highest BCUT2D eigenvalue weighted by molar-refractivity contribution is 6.44. The van der Waals surface area contributed by atoms with Crippen molar-refractivity contribution >= 4 is 11.6 Å². The molecule has 2 aromatic rings. The fourth-order valence-corrected chi connectivity index (χ4v) is 6.61. The van der Waals surface area contributed by atoms with Crippen LogP contribution in [-0.2, 0) is 11.2 Å². The molecule has 228 valence electrons. The average Bonchev–Trinajstić information content (AvgIpc) is 2.98. The molecule has 0 aliphatic heterocycles. The number of carbonyl (C=O) groups is 2. The summed E-state index contributed by atoms with van der Waals surface area (Å²) in [6, 6.07) is 11.9. The van der Waals surface area contributed by atoms with Crippen molar-refractivity contribution in [3.05, 3.63) is 69.8 Å². The van der Waals surface area contributed by atoms with Gasteiger partial charge in [-0.15, -0.1) is 0 Å². The summed E-state index contributed by atoms with van der Waals surface area (Å²) in [6.07, 6.45) is 14.0. The van der Waals surface area contributed by atoms with E-state index in [0.717, 1.165) is 44.1 Å². The first-order valence-electron chi connectivity index (χ1n) is 17.0. The van der Waals surface area contributed by atoms with Gasteiger partial charge in [-0.1, -0.05) is 137 Å². The molecule has 0 bridgehead atoms. The topological polar surface area (TPSA) is 34.1 Å². The molecule has 4 unspecified atom stereocenters. The number of hydrogen-bond donors (Lipinski definition) is 0. The van der Waals surface area contributed by atoms with Crippen LogP contribution in [0.2, 0.25) is 0 Å². The lowest BCUT2D eigenvalue weighted by molar-refractivity contribution is -0.114. The Morgan fingerprint density at radius 3 is 1.51 bits per heavy atom. The van der Waals surface area contributed by atoms with Gasteiger partial charge in [0, 0.05) is 12.0 Å². The van der Waals surface area contributed by atoms with Crippen LogP contribution in [0.1, 0.15) is 194 Å². The third kappa shape index (κ3) is 9.93. The second-order valence-electron chi connectivity index (χ2n) is 12.8. The zero-order valence-corrected chi connectivity index (χ0v) is 27.8. The van der Waals surface area contributed by atoms with Crippen molar-refractivity contribution in [2.24, 2.45) is 0 Å². The standard InChI is InChI=1S/C39H60O2/c1-9-13-20-28(5)33-27-34(39(41)35(40)26-32-24-18-17-19-25-32)37(30(7)22-15-11-3)38(31(8)23-16-12-4)36(33)29(6)21-14-10-2/h17-19,24-25,27-31H,9-16,20-23,26H2,1-8H3. The Morgan fingerprint density at radius 2 is 1.02 bits per heavy atom. The molecule has 0 amide bonds. The van der Waals surface area contributed by atoms with Crippen LogP contribution < -0.4 is 0 Å². The molecule has 41 heavy (non-hydrogen) atoms.